The predicted octanol–water partition coefficient (Wildman–Crippen LogP) is 1.50. The van der Waals surface area contributed by atoms with Crippen LogP contribution in [0.2, 0.25) is 0 Å². The number of thiocarbonyl (C=S) groups is 1. The van der Waals surface area contributed by atoms with Gasteiger partial charge in [0, 0.05) is 11.4 Å². The van der Waals surface area contributed by atoms with E-state index in [-0.39, 0.29) is 5.91 Å². The predicted molar refractivity (Wildman–Crippen MR) is 71.2 cm³/mol. The van der Waals surface area contributed by atoms with Crippen molar-refractivity contribution in [3.05, 3.63) is 24.3 Å². The van der Waals surface area contributed by atoms with Gasteiger partial charge in [-0.3, -0.25) is 9.69 Å². The molecule has 6 heteroatoms. The van der Waals surface area contributed by atoms with Gasteiger partial charge in [-0.2, -0.15) is 0 Å². The van der Waals surface area contributed by atoms with E-state index in [1.807, 2.05) is 12.1 Å². The van der Waals surface area contributed by atoms with Gasteiger partial charge >= 0.3 is 0 Å². The van der Waals surface area contributed by atoms with E-state index >= 15 is 0 Å². The van der Waals surface area contributed by atoms with E-state index in [0.29, 0.717) is 22.4 Å². The minimum Gasteiger partial charge on any atom is -0.399 e. The Morgan fingerprint density at radius 1 is 1.44 bits per heavy atom. The number of amides is 1. The van der Waals surface area contributed by atoms with Crippen molar-refractivity contribution in [3.8, 4) is 0 Å². The van der Waals surface area contributed by atoms with Gasteiger partial charge in [-0.05, 0) is 24.3 Å². The van der Waals surface area contributed by atoms with Crippen LogP contribution < -0.4 is 11.1 Å². The summed E-state index contributed by atoms with van der Waals surface area (Å²) in [6.07, 6.45) is 0. The average Bonchev–Trinajstić information content (AvgIpc) is 2.59. The van der Waals surface area contributed by atoms with Crippen LogP contribution in [0.25, 0.3) is 0 Å². The molecular weight excluding hydrogens is 242 g/mol. The summed E-state index contributed by atoms with van der Waals surface area (Å²) in [7, 11) is 0. The Hall–Kier alpha value is -1.27. The number of nitrogen functional groups attached to an aromatic ring is 1. The summed E-state index contributed by atoms with van der Waals surface area (Å²) in [5.41, 5.74) is 7.21. The van der Waals surface area contributed by atoms with Crippen molar-refractivity contribution in [1.29, 1.82) is 0 Å². The zero-order chi connectivity index (χ0) is 11.5. The molecule has 84 valence electrons. The maximum absolute atomic E-state index is 11.4. The first-order valence-electron chi connectivity index (χ1n) is 4.73. The summed E-state index contributed by atoms with van der Waals surface area (Å²) in [4.78, 5) is 13.0. The fraction of sp³-hybridized carbons (Fsp3) is 0.200. The molecule has 1 aromatic rings. The van der Waals surface area contributed by atoms with Crippen molar-refractivity contribution >= 4 is 45.6 Å². The topological polar surface area (TPSA) is 58.4 Å². The van der Waals surface area contributed by atoms with Gasteiger partial charge < -0.3 is 11.1 Å². The Kier molecular flexibility index (Phi) is 3.31. The molecule has 1 heterocycles. The summed E-state index contributed by atoms with van der Waals surface area (Å²) in [5, 5.41) is 3.12. The van der Waals surface area contributed by atoms with E-state index in [1.54, 1.807) is 17.0 Å². The Balaban J connectivity index is 1.94. The summed E-state index contributed by atoms with van der Waals surface area (Å²) in [5.74, 6) is 0.500. The lowest BCUT2D eigenvalue weighted by Gasteiger charge is -2.16. The molecule has 0 atom stereocenters. The first-order chi connectivity index (χ1) is 7.66. The number of hydrogen-bond donors (Lipinski definition) is 2. The van der Waals surface area contributed by atoms with Gasteiger partial charge in [0.05, 0.1) is 12.4 Å². The zero-order valence-electron chi connectivity index (χ0n) is 8.47. The molecule has 0 saturated carbocycles. The summed E-state index contributed by atoms with van der Waals surface area (Å²) < 4.78 is 0.632. The first kappa shape index (κ1) is 11.2. The molecule has 0 unspecified atom stereocenters. The van der Waals surface area contributed by atoms with Gasteiger partial charge in [0.2, 0.25) is 5.91 Å². The SMILES string of the molecule is Nc1ccc(NCN2C(=O)CSC2=S)cc1. The molecule has 1 saturated heterocycles. The molecule has 0 aliphatic carbocycles. The number of benzene rings is 1. The van der Waals surface area contributed by atoms with Gasteiger partial charge in [0.15, 0.2) is 0 Å². The van der Waals surface area contributed by atoms with E-state index in [0.717, 1.165) is 5.69 Å². The van der Waals surface area contributed by atoms with Crippen LogP contribution in [-0.4, -0.2) is 27.5 Å². The van der Waals surface area contributed by atoms with Crippen molar-refractivity contribution in [2.75, 3.05) is 23.5 Å². The van der Waals surface area contributed by atoms with E-state index in [1.165, 1.54) is 11.8 Å². The zero-order valence-corrected chi connectivity index (χ0v) is 10.1. The molecule has 1 fully saturated rings. The quantitative estimate of drug-likeness (QED) is 0.631. The highest BCUT2D eigenvalue weighted by Crippen LogP contribution is 2.19. The highest BCUT2D eigenvalue weighted by atomic mass is 32.2. The third-order valence-electron chi connectivity index (χ3n) is 2.19. The number of carbonyl (C=O) groups excluding carboxylic acids is 1. The molecule has 16 heavy (non-hydrogen) atoms. The number of rotatable bonds is 3. The number of nitrogens with one attached hydrogen (secondary N) is 1. The van der Waals surface area contributed by atoms with Crippen LogP contribution in [0.15, 0.2) is 24.3 Å². The summed E-state index contributed by atoms with van der Waals surface area (Å²) in [6, 6.07) is 7.35. The van der Waals surface area contributed by atoms with Gasteiger partial charge in [0.1, 0.15) is 4.32 Å². The van der Waals surface area contributed by atoms with Gasteiger partial charge in [-0.15, -0.1) is 0 Å². The highest BCUT2D eigenvalue weighted by Gasteiger charge is 2.25. The molecule has 1 amide bonds. The van der Waals surface area contributed by atoms with Crippen molar-refractivity contribution in [1.82, 2.24) is 4.90 Å². The van der Waals surface area contributed by atoms with Gasteiger partial charge in [-0.1, -0.05) is 24.0 Å². The third kappa shape index (κ3) is 2.45. The largest absolute Gasteiger partial charge is 0.399 e. The van der Waals surface area contributed by atoms with Crippen molar-refractivity contribution in [2.45, 2.75) is 0 Å². The molecular formula is C10H11N3OS2. The molecule has 0 spiro atoms. The Labute approximate surface area is 103 Å². The summed E-state index contributed by atoms with van der Waals surface area (Å²) in [6.45, 7) is 0.411. The van der Waals surface area contributed by atoms with Crippen LogP contribution >= 0.6 is 24.0 Å². The smallest absolute Gasteiger partial charge is 0.239 e. The van der Waals surface area contributed by atoms with Crippen LogP contribution in [0.1, 0.15) is 0 Å². The van der Waals surface area contributed by atoms with Crippen molar-refractivity contribution in [2.24, 2.45) is 0 Å². The lowest BCUT2D eigenvalue weighted by Crippen LogP contribution is -2.33. The maximum atomic E-state index is 11.4. The second-order valence-electron chi connectivity index (χ2n) is 3.33. The monoisotopic (exact) mass is 253 g/mol. The normalized spacial score (nSPS) is 15.6. The van der Waals surface area contributed by atoms with Crippen LogP contribution in [0, 0.1) is 0 Å². The standard InChI is InChI=1S/C10H11N3OS2/c11-7-1-3-8(4-2-7)12-6-13-9(14)5-16-10(13)15/h1-4,12H,5-6,11H2. The maximum Gasteiger partial charge on any atom is 0.239 e. The fourth-order valence-electron chi connectivity index (χ4n) is 1.31. The third-order valence-corrected chi connectivity index (χ3v) is 3.63. The summed E-state index contributed by atoms with van der Waals surface area (Å²) >= 11 is 6.46. The lowest BCUT2D eigenvalue weighted by atomic mass is 10.3. The van der Waals surface area contributed by atoms with Gasteiger partial charge in [0.25, 0.3) is 0 Å². The van der Waals surface area contributed by atoms with E-state index in [2.05, 4.69) is 5.32 Å². The molecule has 1 aliphatic rings. The Morgan fingerprint density at radius 3 is 2.69 bits per heavy atom. The van der Waals surface area contributed by atoms with Gasteiger partial charge in [-0.25, -0.2) is 0 Å². The van der Waals surface area contributed by atoms with Crippen molar-refractivity contribution < 1.29 is 4.79 Å². The van der Waals surface area contributed by atoms with E-state index < -0.39 is 0 Å². The highest BCUT2D eigenvalue weighted by molar-refractivity contribution is 8.23. The number of thioether (sulfide) groups is 1. The molecule has 1 aliphatic heterocycles. The van der Waals surface area contributed by atoms with Crippen LogP contribution in [0.5, 0.6) is 0 Å². The minimum atomic E-state index is 0.0537. The number of hydrogen-bond acceptors (Lipinski definition) is 5. The Morgan fingerprint density at radius 2 is 2.12 bits per heavy atom. The Bertz CT molecular complexity index is 403. The van der Waals surface area contributed by atoms with E-state index in [9.17, 15) is 4.79 Å². The van der Waals surface area contributed by atoms with Crippen LogP contribution in [-0.2, 0) is 4.79 Å². The fourth-order valence-corrected chi connectivity index (χ4v) is 2.37. The molecule has 0 aromatic heterocycles. The molecule has 0 radical (unpaired) electrons. The van der Waals surface area contributed by atoms with Crippen molar-refractivity contribution in [3.63, 3.8) is 0 Å². The number of anilines is 2. The molecule has 1 aromatic carbocycles. The molecule has 3 N–H and O–H groups in total. The van der Waals surface area contributed by atoms with Crippen LogP contribution in [0.3, 0.4) is 0 Å². The first-order valence-corrected chi connectivity index (χ1v) is 6.13. The lowest BCUT2D eigenvalue weighted by molar-refractivity contribution is -0.123. The van der Waals surface area contributed by atoms with E-state index in [4.69, 9.17) is 18.0 Å². The number of nitrogens with two attached hydrogens (primary N) is 1. The minimum absolute atomic E-state index is 0.0537. The van der Waals surface area contributed by atoms with Crippen LogP contribution in [0.4, 0.5) is 11.4 Å². The molecule has 0 bridgehead atoms. The average molecular weight is 253 g/mol. The molecule has 4 nitrogen and oxygen atoms in total. The second kappa shape index (κ2) is 4.71. The number of carbonyl (C=O) groups is 1. The second-order valence-corrected chi connectivity index (χ2v) is 4.94. The number of nitrogens with zero attached hydrogens (tertiary/aromatic N) is 1. The molecule has 2 rings (SSSR count).